The number of benzene rings is 1. The van der Waals surface area contributed by atoms with Gasteiger partial charge in [-0.15, -0.1) is 0 Å². The van der Waals surface area contributed by atoms with Crippen LogP contribution in [0.15, 0.2) is 53.2 Å². The average molecular weight is 406 g/mol. The highest BCUT2D eigenvalue weighted by atomic mass is 16.5. The summed E-state index contributed by atoms with van der Waals surface area (Å²) in [5, 5.41) is 3.81. The van der Waals surface area contributed by atoms with Crippen molar-refractivity contribution in [3.63, 3.8) is 0 Å². The predicted molar refractivity (Wildman–Crippen MR) is 114 cm³/mol. The first kappa shape index (κ1) is 20.2. The molecule has 156 valence electrons. The van der Waals surface area contributed by atoms with Gasteiger partial charge >= 0.3 is 0 Å². The Labute approximate surface area is 176 Å². The minimum Gasteiger partial charge on any atom is -0.339 e. The van der Waals surface area contributed by atoms with Crippen LogP contribution < -0.4 is 0 Å². The Hall–Kier alpha value is -3.06. The van der Waals surface area contributed by atoms with Crippen molar-refractivity contribution in [2.24, 2.45) is 0 Å². The van der Waals surface area contributed by atoms with Gasteiger partial charge in [0.15, 0.2) is 5.82 Å². The molecule has 2 aromatic heterocycles. The third-order valence-electron chi connectivity index (χ3n) is 5.74. The van der Waals surface area contributed by atoms with Gasteiger partial charge in [0.1, 0.15) is 0 Å². The molecule has 1 aliphatic heterocycles. The molecule has 1 aliphatic rings. The first-order valence-electron chi connectivity index (χ1n) is 10.4. The second kappa shape index (κ2) is 9.17. The monoisotopic (exact) mass is 405 g/mol. The van der Waals surface area contributed by atoms with Gasteiger partial charge in [0.05, 0.1) is 0 Å². The molecule has 3 heterocycles. The quantitative estimate of drug-likeness (QED) is 0.627. The molecule has 0 bridgehead atoms. The molecule has 1 aromatic carbocycles. The summed E-state index contributed by atoms with van der Waals surface area (Å²) in [4.78, 5) is 25.9. The number of aryl methyl sites for hydroxylation is 1. The maximum atomic E-state index is 12.9. The third kappa shape index (κ3) is 4.74. The molecule has 1 saturated heterocycles. The SMILES string of the molecule is Cc1noc(-c2ccc(C(=O)N(C)C3CCN(CCc4ccccn4)CC3)cc2)n1. The van der Waals surface area contributed by atoms with E-state index in [9.17, 15) is 4.79 Å². The first-order chi connectivity index (χ1) is 14.6. The van der Waals surface area contributed by atoms with Crippen molar-refractivity contribution in [2.45, 2.75) is 32.2 Å². The van der Waals surface area contributed by atoms with Gasteiger partial charge < -0.3 is 14.3 Å². The van der Waals surface area contributed by atoms with Gasteiger partial charge in [-0.25, -0.2) is 0 Å². The first-order valence-corrected chi connectivity index (χ1v) is 10.4. The van der Waals surface area contributed by atoms with Crippen LogP contribution in [-0.4, -0.2) is 63.6 Å². The molecule has 30 heavy (non-hydrogen) atoms. The maximum absolute atomic E-state index is 12.9. The van der Waals surface area contributed by atoms with E-state index in [4.69, 9.17) is 4.52 Å². The van der Waals surface area contributed by atoms with Crippen molar-refractivity contribution in [1.29, 1.82) is 0 Å². The number of hydrogen-bond donors (Lipinski definition) is 0. The van der Waals surface area contributed by atoms with Crippen molar-refractivity contribution in [3.8, 4) is 11.5 Å². The van der Waals surface area contributed by atoms with Gasteiger partial charge in [0.2, 0.25) is 0 Å². The molecule has 4 rings (SSSR count). The molecule has 1 amide bonds. The number of aromatic nitrogens is 3. The van der Waals surface area contributed by atoms with Gasteiger partial charge in [-0.2, -0.15) is 4.98 Å². The standard InChI is InChI=1S/C23H27N5O2/c1-17-25-22(30-26-17)18-6-8-19(9-7-18)23(29)27(2)21-11-15-28(16-12-21)14-10-20-5-3-4-13-24-20/h3-9,13,21H,10-12,14-16H2,1-2H3. The number of nitrogens with zero attached hydrogens (tertiary/aromatic N) is 5. The Morgan fingerprint density at radius 3 is 2.57 bits per heavy atom. The molecule has 3 aromatic rings. The van der Waals surface area contributed by atoms with Crippen molar-refractivity contribution < 1.29 is 9.32 Å². The zero-order chi connectivity index (χ0) is 20.9. The number of hydrogen-bond acceptors (Lipinski definition) is 6. The molecular formula is C23H27N5O2. The lowest BCUT2D eigenvalue weighted by Gasteiger charge is -2.36. The Bertz CT molecular complexity index is 963. The van der Waals surface area contributed by atoms with Crippen molar-refractivity contribution >= 4 is 5.91 Å². The lowest BCUT2D eigenvalue weighted by molar-refractivity contribution is 0.0643. The van der Waals surface area contributed by atoms with Crippen LogP contribution in [0.2, 0.25) is 0 Å². The van der Waals surface area contributed by atoms with E-state index in [1.165, 1.54) is 0 Å². The molecule has 0 radical (unpaired) electrons. The summed E-state index contributed by atoms with van der Waals surface area (Å²) >= 11 is 0. The average Bonchev–Trinajstić information content (AvgIpc) is 3.24. The zero-order valence-electron chi connectivity index (χ0n) is 17.5. The highest BCUT2D eigenvalue weighted by Gasteiger charge is 2.26. The van der Waals surface area contributed by atoms with Crippen LogP contribution in [0, 0.1) is 6.92 Å². The second-order valence-corrected chi connectivity index (χ2v) is 7.78. The number of carbonyl (C=O) groups excluding carboxylic acids is 1. The zero-order valence-corrected chi connectivity index (χ0v) is 17.5. The van der Waals surface area contributed by atoms with Crippen LogP contribution in [0.25, 0.3) is 11.5 Å². The van der Waals surface area contributed by atoms with Gasteiger partial charge in [0, 0.05) is 62.2 Å². The summed E-state index contributed by atoms with van der Waals surface area (Å²) in [5.41, 5.74) is 2.62. The molecule has 0 aliphatic carbocycles. The van der Waals surface area contributed by atoms with Crippen molar-refractivity contribution in [2.75, 3.05) is 26.7 Å². The fraction of sp³-hybridized carbons (Fsp3) is 0.391. The van der Waals surface area contributed by atoms with E-state index in [0.29, 0.717) is 17.3 Å². The van der Waals surface area contributed by atoms with Crippen LogP contribution >= 0.6 is 0 Å². The van der Waals surface area contributed by atoms with Crippen molar-refractivity contribution in [3.05, 3.63) is 65.7 Å². The highest BCUT2D eigenvalue weighted by molar-refractivity contribution is 5.94. The van der Waals surface area contributed by atoms with E-state index in [1.54, 1.807) is 6.92 Å². The van der Waals surface area contributed by atoms with E-state index in [2.05, 4.69) is 26.1 Å². The second-order valence-electron chi connectivity index (χ2n) is 7.78. The number of piperidine rings is 1. The topological polar surface area (TPSA) is 75.4 Å². The number of pyridine rings is 1. The molecule has 0 saturated carbocycles. The molecule has 0 N–H and O–H groups in total. The highest BCUT2D eigenvalue weighted by Crippen LogP contribution is 2.21. The third-order valence-corrected chi connectivity index (χ3v) is 5.74. The van der Waals surface area contributed by atoms with E-state index in [0.717, 1.165) is 50.2 Å². The van der Waals surface area contributed by atoms with Crippen LogP contribution in [-0.2, 0) is 6.42 Å². The Morgan fingerprint density at radius 1 is 1.17 bits per heavy atom. The Kier molecular flexibility index (Phi) is 6.18. The molecular weight excluding hydrogens is 378 g/mol. The summed E-state index contributed by atoms with van der Waals surface area (Å²) in [6.45, 7) is 4.80. The van der Waals surface area contributed by atoms with E-state index >= 15 is 0 Å². The van der Waals surface area contributed by atoms with Gasteiger partial charge in [-0.3, -0.25) is 9.78 Å². The Morgan fingerprint density at radius 2 is 1.93 bits per heavy atom. The number of rotatable bonds is 6. The fourth-order valence-corrected chi connectivity index (χ4v) is 3.89. The summed E-state index contributed by atoms with van der Waals surface area (Å²) in [6, 6.07) is 13.7. The van der Waals surface area contributed by atoms with Crippen LogP contribution in [0.3, 0.4) is 0 Å². The summed E-state index contributed by atoms with van der Waals surface area (Å²) < 4.78 is 5.19. The van der Waals surface area contributed by atoms with E-state index in [1.807, 2.05) is 54.5 Å². The number of likely N-dealkylation sites (tertiary alicyclic amines) is 1. The smallest absolute Gasteiger partial charge is 0.257 e. The largest absolute Gasteiger partial charge is 0.339 e. The molecule has 1 fully saturated rings. The fourth-order valence-electron chi connectivity index (χ4n) is 3.89. The van der Waals surface area contributed by atoms with Crippen LogP contribution in [0.1, 0.15) is 34.7 Å². The molecule has 7 heteroatoms. The normalized spacial score (nSPS) is 15.3. The van der Waals surface area contributed by atoms with Crippen LogP contribution in [0.5, 0.6) is 0 Å². The van der Waals surface area contributed by atoms with Gasteiger partial charge in [0.25, 0.3) is 11.8 Å². The predicted octanol–water partition coefficient (Wildman–Crippen LogP) is 3.22. The summed E-state index contributed by atoms with van der Waals surface area (Å²) in [7, 11) is 1.91. The summed E-state index contributed by atoms with van der Waals surface area (Å²) in [6.07, 6.45) is 4.79. The lowest BCUT2D eigenvalue weighted by atomic mass is 10.0. The van der Waals surface area contributed by atoms with E-state index < -0.39 is 0 Å². The minimum absolute atomic E-state index is 0.0511. The van der Waals surface area contributed by atoms with Crippen LogP contribution in [0.4, 0.5) is 0 Å². The molecule has 0 unspecified atom stereocenters. The number of amides is 1. The maximum Gasteiger partial charge on any atom is 0.257 e. The molecule has 0 atom stereocenters. The van der Waals surface area contributed by atoms with E-state index in [-0.39, 0.29) is 11.9 Å². The minimum atomic E-state index is 0.0511. The van der Waals surface area contributed by atoms with Gasteiger partial charge in [-0.05, 0) is 56.2 Å². The number of carbonyl (C=O) groups is 1. The molecule has 7 nitrogen and oxygen atoms in total. The lowest BCUT2D eigenvalue weighted by Crippen LogP contribution is -2.46. The van der Waals surface area contributed by atoms with Crippen molar-refractivity contribution in [1.82, 2.24) is 24.9 Å². The summed E-state index contributed by atoms with van der Waals surface area (Å²) in [5.74, 6) is 1.12. The van der Waals surface area contributed by atoms with Gasteiger partial charge in [-0.1, -0.05) is 11.2 Å². The molecule has 0 spiro atoms. The Balaban J connectivity index is 1.29.